The van der Waals surface area contributed by atoms with Crippen LogP contribution in [-0.2, 0) is 17.8 Å². The van der Waals surface area contributed by atoms with Gasteiger partial charge in [0, 0.05) is 29.9 Å². The van der Waals surface area contributed by atoms with Gasteiger partial charge in [-0.1, -0.05) is 18.2 Å². The van der Waals surface area contributed by atoms with E-state index in [0.717, 1.165) is 5.56 Å². The van der Waals surface area contributed by atoms with Gasteiger partial charge in [0.2, 0.25) is 5.91 Å². The molecule has 0 aliphatic carbocycles. The van der Waals surface area contributed by atoms with E-state index in [1.807, 2.05) is 18.2 Å². The fraction of sp³-hybridized carbons (Fsp3) is 0.111. The molecule has 0 radical (unpaired) electrons. The highest BCUT2D eigenvalue weighted by atomic mass is 32.1. The summed E-state index contributed by atoms with van der Waals surface area (Å²) >= 11 is 1.30. The van der Waals surface area contributed by atoms with Crippen LogP contribution in [0.4, 0.5) is 5.13 Å². The maximum atomic E-state index is 12.1. The number of rotatable bonds is 6. The molecule has 0 bridgehead atoms. The van der Waals surface area contributed by atoms with Crippen LogP contribution in [0.5, 0.6) is 0 Å². The fourth-order valence-electron chi connectivity index (χ4n) is 2.13. The lowest BCUT2D eigenvalue weighted by Crippen LogP contribution is -2.24. The number of anilines is 1. The molecule has 7 heteroatoms. The van der Waals surface area contributed by atoms with E-state index in [2.05, 4.69) is 20.6 Å². The quantitative estimate of drug-likeness (QED) is 0.714. The van der Waals surface area contributed by atoms with E-state index in [1.54, 1.807) is 42.0 Å². The number of pyridine rings is 1. The molecule has 0 saturated heterocycles. The summed E-state index contributed by atoms with van der Waals surface area (Å²) in [5.41, 5.74) is 2.17. The van der Waals surface area contributed by atoms with Crippen molar-refractivity contribution < 1.29 is 9.59 Å². The normalized spacial score (nSPS) is 10.2. The lowest BCUT2D eigenvalue weighted by molar-refractivity contribution is -0.120. The highest BCUT2D eigenvalue weighted by Gasteiger charge is 2.11. The van der Waals surface area contributed by atoms with Crippen molar-refractivity contribution in [2.75, 3.05) is 5.32 Å². The van der Waals surface area contributed by atoms with Crippen molar-refractivity contribution in [3.63, 3.8) is 0 Å². The Bertz CT molecular complexity index is 850. The molecule has 0 fully saturated rings. The highest BCUT2D eigenvalue weighted by Crippen LogP contribution is 2.17. The van der Waals surface area contributed by atoms with Crippen molar-refractivity contribution in [3.8, 4) is 0 Å². The van der Waals surface area contributed by atoms with Crippen LogP contribution in [0.25, 0.3) is 0 Å². The number of nitrogens with zero attached hydrogens (tertiary/aromatic N) is 2. The van der Waals surface area contributed by atoms with Crippen molar-refractivity contribution in [2.24, 2.45) is 0 Å². The largest absolute Gasteiger partial charge is 0.352 e. The first-order valence-corrected chi connectivity index (χ1v) is 8.55. The van der Waals surface area contributed by atoms with Gasteiger partial charge in [-0.2, -0.15) is 0 Å². The van der Waals surface area contributed by atoms with Crippen molar-refractivity contribution in [3.05, 3.63) is 77.1 Å². The van der Waals surface area contributed by atoms with Crippen LogP contribution >= 0.6 is 11.3 Å². The first-order chi connectivity index (χ1) is 12.2. The van der Waals surface area contributed by atoms with E-state index >= 15 is 0 Å². The maximum Gasteiger partial charge on any atom is 0.257 e. The first kappa shape index (κ1) is 16.8. The molecular weight excluding hydrogens is 336 g/mol. The van der Waals surface area contributed by atoms with Crippen LogP contribution in [0, 0.1) is 0 Å². The van der Waals surface area contributed by atoms with Crippen molar-refractivity contribution in [1.29, 1.82) is 0 Å². The monoisotopic (exact) mass is 352 g/mol. The Morgan fingerprint density at radius 1 is 1.04 bits per heavy atom. The lowest BCUT2D eigenvalue weighted by atomic mass is 10.2. The Balaban J connectivity index is 1.51. The molecule has 126 valence electrons. The summed E-state index contributed by atoms with van der Waals surface area (Å²) < 4.78 is 0. The topological polar surface area (TPSA) is 84.0 Å². The van der Waals surface area contributed by atoms with Crippen LogP contribution in [0.1, 0.15) is 21.6 Å². The maximum absolute atomic E-state index is 12.1. The molecule has 2 N–H and O–H groups in total. The predicted octanol–water partition coefficient (Wildman–Crippen LogP) is 2.65. The Morgan fingerprint density at radius 2 is 1.80 bits per heavy atom. The Morgan fingerprint density at radius 3 is 2.56 bits per heavy atom. The third-order valence-electron chi connectivity index (χ3n) is 3.39. The molecule has 25 heavy (non-hydrogen) atoms. The van der Waals surface area contributed by atoms with Crippen LogP contribution in [0.3, 0.4) is 0 Å². The lowest BCUT2D eigenvalue weighted by Gasteiger charge is -2.03. The van der Waals surface area contributed by atoms with Gasteiger partial charge < -0.3 is 5.32 Å². The number of hydrogen-bond acceptors (Lipinski definition) is 5. The summed E-state index contributed by atoms with van der Waals surface area (Å²) in [6.07, 6.45) is 3.54. The van der Waals surface area contributed by atoms with Gasteiger partial charge in [-0.25, -0.2) is 4.98 Å². The summed E-state index contributed by atoms with van der Waals surface area (Å²) in [5.74, 6) is -0.341. The van der Waals surface area contributed by atoms with E-state index < -0.39 is 0 Å². The highest BCUT2D eigenvalue weighted by molar-refractivity contribution is 7.14. The second kappa shape index (κ2) is 8.16. The smallest absolute Gasteiger partial charge is 0.257 e. The van der Waals surface area contributed by atoms with Gasteiger partial charge in [0.1, 0.15) is 0 Å². The number of aromatic nitrogens is 2. The molecule has 0 atom stereocenters. The van der Waals surface area contributed by atoms with Gasteiger partial charge in [-0.05, 0) is 29.8 Å². The molecular formula is C18H16N4O2S. The van der Waals surface area contributed by atoms with Crippen LogP contribution in [0.2, 0.25) is 0 Å². The Hall–Kier alpha value is -3.06. The number of hydrogen-bond donors (Lipinski definition) is 2. The van der Waals surface area contributed by atoms with Gasteiger partial charge in [-0.15, -0.1) is 11.3 Å². The molecule has 3 aromatic rings. The van der Waals surface area contributed by atoms with E-state index in [0.29, 0.717) is 22.9 Å². The standard InChI is InChI=1S/C18H16N4O2S/c23-16(20-11-13-6-8-19-9-7-13)10-15-12-25-18(21-15)22-17(24)14-4-2-1-3-5-14/h1-9,12H,10-11H2,(H,20,23)(H,21,22,24). The van der Waals surface area contributed by atoms with Crippen LogP contribution in [0.15, 0.2) is 60.2 Å². The summed E-state index contributed by atoms with van der Waals surface area (Å²) in [5, 5.41) is 7.82. The number of carbonyl (C=O) groups is 2. The summed E-state index contributed by atoms with van der Waals surface area (Å²) in [6, 6.07) is 12.6. The molecule has 0 spiro atoms. The zero-order chi connectivity index (χ0) is 17.5. The molecule has 0 aliphatic heterocycles. The second-order valence-corrected chi connectivity index (χ2v) is 6.13. The molecule has 2 heterocycles. The summed E-state index contributed by atoms with van der Waals surface area (Å²) in [4.78, 5) is 32.3. The average Bonchev–Trinajstić information content (AvgIpc) is 3.08. The molecule has 2 aromatic heterocycles. The number of carbonyl (C=O) groups excluding carboxylic acids is 2. The van der Waals surface area contributed by atoms with Gasteiger partial charge in [-0.3, -0.25) is 19.9 Å². The van der Waals surface area contributed by atoms with Gasteiger partial charge in [0.15, 0.2) is 5.13 Å². The van der Waals surface area contributed by atoms with Gasteiger partial charge in [0.05, 0.1) is 12.1 Å². The minimum Gasteiger partial charge on any atom is -0.352 e. The summed E-state index contributed by atoms with van der Waals surface area (Å²) in [6.45, 7) is 0.448. The van der Waals surface area contributed by atoms with E-state index in [4.69, 9.17) is 0 Å². The summed E-state index contributed by atoms with van der Waals surface area (Å²) in [7, 11) is 0. The molecule has 6 nitrogen and oxygen atoms in total. The van der Waals surface area contributed by atoms with Gasteiger partial charge in [0.25, 0.3) is 5.91 Å². The van der Waals surface area contributed by atoms with E-state index in [9.17, 15) is 9.59 Å². The average molecular weight is 352 g/mol. The van der Waals surface area contributed by atoms with Crippen molar-refractivity contribution >= 4 is 28.3 Å². The molecule has 0 aliphatic rings. The second-order valence-electron chi connectivity index (χ2n) is 5.27. The predicted molar refractivity (Wildman–Crippen MR) is 96.3 cm³/mol. The van der Waals surface area contributed by atoms with Crippen LogP contribution in [-0.4, -0.2) is 21.8 Å². The minimum atomic E-state index is -0.219. The van der Waals surface area contributed by atoms with Gasteiger partial charge >= 0.3 is 0 Å². The zero-order valence-corrected chi connectivity index (χ0v) is 14.1. The third kappa shape index (κ3) is 4.95. The van der Waals surface area contributed by atoms with E-state index in [-0.39, 0.29) is 18.2 Å². The zero-order valence-electron chi connectivity index (χ0n) is 13.3. The first-order valence-electron chi connectivity index (χ1n) is 7.67. The van der Waals surface area contributed by atoms with Crippen molar-refractivity contribution in [1.82, 2.24) is 15.3 Å². The SMILES string of the molecule is O=C(Cc1csc(NC(=O)c2ccccc2)n1)NCc1ccncc1. The number of thiazole rings is 1. The minimum absolute atomic E-state index is 0.122. The fourth-order valence-corrected chi connectivity index (χ4v) is 2.84. The van der Waals surface area contributed by atoms with Crippen molar-refractivity contribution in [2.45, 2.75) is 13.0 Å². The Labute approximate surface area is 149 Å². The molecule has 1 aromatic carbocycles. The number of nitrogens with one attached hydrogen (secondary N) is 2. The third-order valence-corrected chi connectivity index (χ3v) is 4.20. The number of amides is 2. The van der Waals surface area contributed by atoms with Crippen LogP contribution < -0.4 is 10.6 Å². The number of benzene rings is 1. The molecule has 2 amide bonds. The molecule has 0 unspecified atom stereocenters. The molecule has 0 saturated carbocycles. The Kier molecular flexibility index (Phi) is 5.48. The van der Waals surface area contributed by atoms with E-state index in [1.165, 1.54) is 11.3 Å². The molecule has 3 rings (SSSR count).